The molecule has 2 aromatic heterocycles. The molecule has 1 unspecified atom stereocenters. The zero-order chi connectivity index (χ0) is 21.2. The van der Waals surface area contributed by atoms with Crippen molar-refractivity contribution in [3.8, 4) is 0 Å². The van der Waals surface area contributed by atoms with Crippen molar-refractivity contribution in [2.75, 3.05) is 10.6 Å². The van der Waals surface area contributed by atoms with E-state index >= 15 is 0 Å². The molecule has 0 amide bonds. The largest absolute Gasteiger partial charge is 0.364 e. The Morgan fingerprint density at radius 3 is 2.77 bits per heavy atom. The van der Waals surface area contributed by atoms with Gasteiger partial charge in [-0.15, -0.1) is 0 Å². The average molecular weight is 529 g/mol. The summed E-state index contributed by atoms with van der Waals surface area (Å²) < 4.78 is 3.40. The predicted octanol–water partition coefficient (Wildman–Crippen LogP) is 4.62. The van der Waals surface area contributed by atoms with Gasteiger partial charge in [0, 0.05) is 22.2 Å². The van der Waals surface area contributed by atoms with Gasteiger partial charge in [-0.3, -0.25) is 0 Å². The Kier molecular flexibility index (Phi) is 6.08. The standard InChI is InChI=1S/C23H28IN7/c24-16-5-3-4-15(12-16)13-26-21-20-22(31(14-27-20)19-6-1-2-7-19)30-23(29-21)28-18-10-8-17(25)9-11-18/h1,3-6,12,14,17-19H,2,7-11,13,25H2,(H2,26,28,29,30). The van der Waals surface area contributed by atoms with Crippen LogP contribution in [-0.4, -0.2) is 31.6 Å². The normalized spacial score (nSPS) is 23.4. The van der Waals surface area contributed by atoms with E-state index in [0.29, 0.717) is 30.6 Å². The van der Waals surface area contributed by atoms with Crippen LogP contribution >= 0.6 is 22.6 Å². The van der Waals surface area contributed by atoms with Crippen molar-refractivity contribution in [3.05, 3.63) is 51.9 Å². The minimum atomic E-state index is 0.309. The van der Waals surface area contributed by atoms with Gasteiger partial charge in [-0.2, -0.15) is 9.97 Å². The lowest BCUT2D eigenvalue weighted by molar-refractivity contribution is 0.410. The van der Waals surface area contributed by atoms with E-state index in [2.05, 4.69) is 79.2 Å². The lowest BCUT2D eigenvalue weighted by Gasteiger charge is -2.27. The van der Waals surface area contributed by atoms with Gasteiger partial charge in [0.25, 0.3) is 0 Å². The zero-order valence-electron chi connectivity index (χ0n) is 17.5. The summed E-state index contributed by atoms with van der Waals surface area (Å²) in [6.45, 7) is 0.691. The van der Waals surface area contributed by atoms with E-state index in [-0.39, 0.29) is 0 Å². The number of nitrogens with zero attached hydrogens (tertiary/aromatic N) is 4. The van der Waals surface area contributed by atoms with Gasteiger partial charge in [-0.25, -0.2) is 4.98 Å². The van der Waals surface area contributed by atoms with Crippen LogP contribution < -0.4 is 16.4 Å². The van der Waals surface area contributed by atoms with E-state index in [1.165, 1.54) is 9.13 Å². The van der Waals surface area contributed by atoms with Gasteiger partial charge in [0.1, 0.15) is 0 Å². The summed E-state index contributed by atoms with van der Waals surface area (Å²) in [5.41, 5.74) is 9.00. The minimum Gasteiger partial charge on any atom is -0.364 e. The topological polar surface area (TPSA) is 93.7 Å². The van der Waals surface area contributed by atoms with Crippen molar-refractivity contribution in [3.63, 3.8) is 0 Å². The molecule has 0 radical (unpaired) electrons. The second-order valence-corrected chi connectivity index (χ2v) is 9.78. The lowest BCUT2D eigenvalue weighted by Crippen LogP contribution is -2.33. The molecule has 3 aromatic rings. The van der Waals surface area contributed by atoms with Gasteiger partial charge in [-0.05, 0) is 78.8 Å². The highest BCUT2D eigenvalue weighted by atomic mass is 127. The quantitative estimate of drug-likeness (QED) is 0.319. The Morgan fingerprint density at radius 1 is 1.13 bits per heavy atom. The van der Waals surface area contributed by atoms with Crippen LogP contribution in [0.2, 0.25) is 0 Å². The van der Waals surface area contributed by atoms with Crippen molar-refractivity contribution in [2.24, 2.45) is 5.73 Å². The number of allylic oxidation sites excluding steroid dienone is 2. The number of halogens is 1. The van der Waals surface area contributed by atoms with E-state index in [9.17, 15) is 0 Å². The van der Waals surface area contributed by atoms with Crippen LogP contribution in [0, 0.1) is 3.57 Å². The van der Waals surface area contributed by atoms with Crippen LogP contribution in [-0.2, 0) is 6.54 Å². The van der Waals surface area contributed by atoms with Gasteiger partial charge < -0.3 is 20.9 Å². The van der Waals surface area contributed by atoms with Crippen LogP contribution in [0.1, 0.15) is 50.1 Å². The predicted molar refractivity (Wildman–Crippen MR) is 133 cm³/mol. The lowest BCUT2D eigenvalue weighted by atomic mass is 9.92. The number of benzene rings is 1. The third kappa shape index (κ3) is 4.69. The Labute approximate surface area is 196 Å². The third-order valence-electron chi connectivity index (χ3n) is 6.22. The zero-order valence-corrected chi connectivity index (χ0v) is 19.6. The number of anilines is 2. The van der Waals surface area contributed by atoms with Gasteiger partial charge in [0.2, 0.25) is 5.95 Å². The molecule has 0 bridgehead atoms. The molecule has 2 aliphatic rings. The number of fused-ring (bicyclic) bond motifs is 1. The molecule has 0 aliphatic heterocycles. The number of hydrogen-bond acceptors (Lipinski definition) is 6. The van der Waals surface area contributed by atoms with Crippen LogP contribution in [0.5, 0.6) is 0 Å². The summed E-state index contributed by atoms with van der Waals surface area (Å²) in [5.74, 6) is 1.45. The molecule has 1 atom stereocenters. The highest BCUT2D eigenvalue weighted by molar-refractivity contribution is 14.1. The first-order valence-corrected chi connectivity index (χ1v) is 12.2. The van der Waals surface area contributed by atoms with Crippen LogP contribution in [0.15, 0.2) is 42.7 Å². The first kappa shape index (κ1) is 20.7. The van der Waals surface area contributed by atoms with E-state index in [1.807, 2.05) is 6.33 Å². The number of nitrogens with two attached hydrogens (primary N) is 1. The summed E-state index contributed by atoms with van der Waals surface area (Å²) in [7, 11) is 0. The van der Waals surface area contributed by atoms with Crippen LogP contribution in [0.4, 0.5) is 11.8 Å². The number of hydrogen-bond donors (Lipinski definition) is 3. The maximum absolute atomic E-state index is 6.08. The van der Waals surface area contributed by atoms with Crippen molar-refractivity contribution in [2.45, 2.75) is 63.2 Å². The molecule has 1 aromatic carbocycles. The van der Waals surface area contributed by atoms with Crippen molar-refractivity contribution in [1.29, 1.82) is 0 Å². The van der Waals surface area contributed by atoms with Crippen molar-refractivity contribution < 1.29 is 0 Å². The molecule has 4 N–H and O–H groups in total. The fraction of sp³-hybridized carbons (Fsp3) is 0.435. The summed E-state index contributed by atoms with van der Waals surface area (Å²) in [6.07, 6.45) is 12.8. The Balaban J connectivity index is 1.45. The van der Waals surface area contributed by atoms with Crippen LogP contribution in [0.3, 0.4) is 0 Å². The first-order valence-electron chi connectivity index (χ1n) is 11.1. The molecule has 0 spiro atoms. The van der Waals surface area contributed by atoms with Gasteiger partial charge in [0.05, 0.1) is 12.4 Å². The monoisotopic (exact) mass is 529 g/mol. The Hall–Kier alpha value is -2.20. The number of rotatable bonds is 6. The molecule has 1 saturated carbocycles. The number of aromatic nitrogens is 4. The maximum atomic E-state index is 6.08. The molecule has 2 heterocycles. The molecule has 162 valence electrons. The number of nitrogens with one attached hydrogen (secondary N) is 2. The minimum absolute atomic E-state index is 0.309. The van der Waals surface area contributed by atoms with Crippen LogP contribution in [0.25, 0.3) is 11.2 Å². The average Bonchev–Trinajstić information content (AvgIpc) is 3.43. The van der Waals surface area contributed by atoms with Gasteiger partial charge >= 0.3 is 0 Å². The second kappa shape index (κ2) is 9.12. The molecule has 0 saturated heterocycles. The SMILES string of the molecule is NC1CCC(Nc2nc(NCc3cccc(I)c3)c3ncn(C4C=CCC4)c3n2)CC1. The fourth-order valence-corrected chi connectivity index (χ4v) is 5.08. The van der Waals surface area contributed by atoms with Crippen molar-refractivity contribution in [1.82, 2.24) is 19.5 Å². The van der Waals surface area contributed by atoms with E-state index in [1.54, 1.807) is 0 Å². The molecular weight excluding hydrogens is 501 g/mol. The number of imidazole rings is 1. The van der Waals surface area contributed by atoms with Crippen molar-refractivity contribution >= 4 is 45.5 Å². The van der Waals surface area contributed by atoms with E-state index in [4.69, 9.17) is 15.7 Å². The van der Waals surface area contributed by atoms with Gasteiger partial charge in [0.15, 0.2) is 17.0 Å². The highest BCUT2D eigenvalue weighted by Crippen LogP contribution is 2.30. The smallest absolute Gasteiger partial charge is 0.227 e. The second-order valence-electron chi connectivity index (χ2n) is 8.53. The fourth-order valence-electron chi connectivity index (χ4n) is 4.47. The first-order chi connectivity index (χ1) is 15.2. The molecule has 7 nitrogen and oxygen atoms in total. The van der Waals surface area contributed by atoms with Gasteiger partial charge in [-0.1, -0.05) is 24.3 Å². The summed E-state index contributed by atoms with van der Waals surface area (Å²) in [6, 6.07) is 9.48. The molecule has 8 heteroatoms. The van der Waals surface area contributed by atoms with E-state index < -0.39 is 0 Å². The molecule has 1 fully saturated rings. The highest BCUT2D eigenvalue weighted by Gasteiger charge is 2.22. The summed E-state index contributed by atoms with van der Waals surface area (Å²) >= 11 is 2.34. The summed E-state index contributed by atoms with van der Waals surface area (Å²) in [5, 5.41) is 7.08. The Morgan fingerprint density at radius 2 is 2.00 bits per heavy atom. The Bertz CT molecular complexity index is 1080. The summed E-state index contributed by atoms with van der Waals surface area (Å²) in [4.78, 5) is 14.4. The third-order valence-corrected chi connectivity index (χ3v) is 6.89. The molecule has 2 aliphatic carbocycles. The maximum Gasteiger partial charge on any atom is 0.227 e. The molecule has 31 heavy (non-hydrogen) atoms. The van der Waals surface area contributed by atoms with E-state index in [0.717, 1.165) is 55.5 Å². The molecular formula is C23H28IN7. The molecule has 5 rings (SSSR count).